The van der Waals surface area contributed by atoms with E-state index in [0.717, 1.165) is 71.7 Å². The lowest BCUT2D eigenvalue weighted by Crippen LogP contribution is -2.39. The maximum atomic E-state index is 12.8. The zero-order valence-corrected chi connectivity index (χ0v) is 18.8. The number of piperidine rings is 1. The molecule has 0 aliphatic carbocycles. The van der Waals surface area contributed by atoms with Crippen molar-refractivity contribution in [3.05, 3.63) is 69.8 Å². The SMILES string of the molecule is O=C(NCC1CCN(CCc2ccccc2Cl)CC1)C1=Cc2cnc3cccc(n23)S1. The average molecular weight is 453 g/mol. The predicted octanol–water partition coefficient (Wildman–Crippen LogP) is 4.51. The molecule has 2 aromatic heterocycles. The van der Waals surface area contributed by atoms with E-state index in [1.807, 2.05) is 48.7 Å². The van der Waals surface area contributed by atoms with Crippen LogP contribution in [-0.4, -0.2) is 46.4 Å². The highest BCUT2D eigenvalue weighted by Gasteiger charge is 2.23. The topological polar surface area (TPSA) is 49.6 Å². The predicted molar refractivity (Wildman–Crippen MR) is 126 cm³/mol. The van der Waals surface area contributed by atoms with Gasteiger partial charge in [0.05, 0.1) is 21.8 Å². The van der Waals surface area contributed by atoms with Gasteiger partial charge >= 0.3 is 0 Å². The van der Waals surface area contributed by atoms with Crippen molar-refractivity contribution in [1.29, 1.82) is 0 Å². The molecule has 1 amide bonds. The second-order valence-corrected chi connectivity index (χ2v) is 9.66. The molecular formula is C24H25ClN4OS. The Kier molecular flexibility index (Phi) is 6.03. The Morgan fingerprint density at radius 3 is 2.84 bits per heavy atom. The molecular weight excluding hydrogens is 428 g/mol. The van der Waals surface area contributed by atoms with Gasteiger partial charge < -0.3 is 10.2 Å². The fourth-order valence-electron chi connectivity index (χ4n) is 4.32. The van der Waals surface area contributed by atoms with Crippen molar-refractivity contribution < 1.29 is 4.79 Å². The second-order valence-electron chi connectivity index (χ2n) is 8.19. The van der Waals surface area contributed by atoms with Crippen LogP contribution in [-0.2, 0) is 11.2 Å². The molecule has 2 aliphatic heterocycles. The van der Waals surface area contributed by atoms with E-state index in [-0.39, 0.29) is 5.91 Å². The molecule has 7 heteroatoms. The first kappa shape index (κ1) is 20.6. The molecule has 0 bridgehead atoms. The molecule has 1 N–H and O–H groups in total. The molecule has 4 heterocycles. The summed E-state index contributed by atoms with van der Waals surface area (Å²) in [5.74, 6) is 0.541. The number of likely N-dealkylation sites (tertiary alicyclic amines) is 1. The number of nitrogens with one attached hydrogen (secondary N) is 1. The minimum absolute atomic E-state index is 0.00982. The Morgan fingerprint density at radius 2 is 2.00 bits per heavy atom. The lowest BCUT2D eigenvalue weighted by atomic mass is 9.96. The number of carbonyl (C=O) groups excluding carboxylic acids is 1. The molecule has 0 saturated carbocycles. The Bertz CT molecular complexity index is 1130. The molecule has 160 valence electrons. The Morgan fingerprint density at radius 1 is 1.16 bits per heavy atom. The van der Waals surface area contributed by atoms with Crippen LogP contribution in [0.1, 0.15) is 24.1 Å². The number of halogens is 1. The van der Waals surface area contributed by atoms with Gasteiger partial charge in [0, 0.05) is 18.1 Å². The number of pyridine rings is 1. The van der Waals surface area contributed by atoms with Crippen LogP contribution in [0.25, 0.3) is 11.7 Å². The minimum Gasteiger partial charge on any atom is -0.351 e. The third-order valence-corrected chi connectivity index (χ3v) is 7.57. The van der Waals surface area contributed by atoms with Crippen LogP contribution in [0.5, 0.6) is 0 Å². The van der Waals surface area contributed by atoms with Crippen molar-refractivity contribution in [1.82, 2.24) is 19.6 Å². The summed E-state index contributed by atoms with van der Waals surface area (Å²) in [6.45, 7) is 3.91. The highest BCUT2D eigenvalue weighted by molar-refractivity contribution is 8.04. The Labute approximate surface area is 191 Å². The van der Waals surface area contributed by atoms with Gasteiger partial charge in [-0.15, -0.1) is 0 Å². The number of hydrogen-bond acceptors (Lipinski definition) is 4. The molecule has 1 saturated heterocycles. The van der Waals surface area contributed by atoms with Gasteiger partial charge in [0.15, 0.2) is 0 Å². The van der Waals surface area contributed by atoms with Gasteiger partial charge in [0.1, 0.15) is 5.65 Å². The molecule has 0 radical (unpaired) electrons. The van der Waals surface area contributed by atoms with Gasteiger partial charge in [-0.25, -0.2) is 4.98 Å². The summed E-state index contributed by atoms with van der Waals surface area (Å²) in [5.41, 5.74) is 3.09. The number of carbonyl (C=O) groups is 1. The zero-order valence-electron chi connectivity index (χ0n) is 17.3. The van der Waals surface area contributed by atoms with Gasteiger partial charge in [-0.05, 0) is 68.1 Å². The van der Waals surface area contributed by atoms with Crippen LogP contribution in [0.2, 0.25) is 5.02 Å². The van der Waals surface area contributed by atoms with Gasteiger partial charge in [0.25, 0.3) is 5.91 Å². The molecule has 2 aliphatic rings. The van der Waals surface area contributed by atoms with Gasteiger partial charge in [-0.3, -0.25) is 9.20 Å². The van der Waals surface area contributed by atoms with Crippen molar-refractivity contribution in [3.63, 3.8) is 0 Å². The number of aromatic nitrogens is 2. The standard InChI is InChI=1S/C24H25ClN4OS/c25-20-5-2-1-4-18(20)10-13-28-11-8-17(9-12-28)15-27-24(30)21-14-19-16-26-22-6-3-7-23(31-21)29(19)22/h1-7,14,16-17H,8-13,15H2,(H,27,30). The largest absolute Gasteiger partial charge is 0.351 e. The van der Waals surface area contributed by atoms with Crippen molar-refractivity contribution in [2.75, 3.05) is 26.2 Å². The molecule has 0 unspecified atom stereocenters. The first-order chi connectivity index (χ1) is 15.2. The monoisotopic (exact) mass is 452 g/mol. The Balaban J connectivity index is 1.10. The van der Waals surface area contributed by atoms with Crippen LogP contribution in [0.3, 0.4) is 0 Å². The lowest BCUT2D eigenvalue weighted by Gasteiger charge is -2.32. The quantitative estimate of drug-likeness (QED) is 0.598. The van der Waals surface area contributed by atoms with E-state index in [2.05, 4.69) is 25.7 Å². The van der Waals surface area contributed by atoms with Crippen LogP contribution in [0.4, 0.5) is 0 Å². The van der Waals surface area contributed by atoms with Gasteiger partial charge in [0.2, 0.25) is 0 Å². The third kappa shape index (κ3) is 4.52. The third-order valence-electron chi connectivity index (χ3n) is 6.15. The molecule has 5 nitrogen and oxygen atoms in total. The van der Waals surface area contributed by atoms with Gasteiger partial charge in [-0.2, -0.15) is 0 Å². The Hall–Kier alpha value is -2.28. The van der Waals surface area contributed by atoms with Crippen molar-refractivity contribution in [3.8, 4) is 0 Å². The lowest BCUT2D eigenvalue weighted by molar-refractivity contribution is -0.117. The summed E-state index contributed by atoms with van der Waals surface area (Å²) < 4.78 is 2.08. The first-order valence-corrected chi connectivity index (χ1v) is 12.0. The van der Waals surface area contributed by atoms with Crippen LogP contribution >= 0.6 is 23.4 Å². The highest BCUT2D eigenvalue weighted by atomic mass is 35.5. The summed E-state index contributed by atoms with van der Waals surface area (Å²) in [7, 11) is 0. The second kappa shape index (κ2) is 9.07. The number of rotatable bonds is 6. The van der Waals surface area contributed by atoms with E-state index in [4.69, 9.17) is 11.6 Å². The van der Waals surface area contributed by atoms with E-state index in [0.29, 0.717) is 5.92 Å². The van der Waals surface area contributed by atoms with Crippen molar-refractivity contribution in [2.45, 2.75) is 24.3 Å². The summed E-state index contributed by atoms with van der Waals surface area (Å²) in [4.78, 5) is 20.4. The molecule has 31 heavy (non-hydrogen) atoms. The fraction of sp³-hybridized carbons (Fsp3) is 0.333. The number of hydrogen-bond donors (Lipinski definition) is 1. The smallest absolute Gasteiger partial charge is 0.258 e. The minimum atomic E-state index is 0.00982. The van der Waals surface area contributed by atoms with Crippen LogP contribution < -0.4 is 5.32 Å². The number of benzene rings is 1. The maximum Gasteiger partial charge on any atom is 0.258 e. The number of imidazole rings is 1. The van der Waals surface area contributed by atoms with E-state index in [9.17, 15) is 4.79 Å². The molecule has 1 aromatic carbocycles. The van der Waals surface area contributed by atoms with E-state index in [1.165, 1.54) is 17.3 Å². The summed E-state index contributed by atoms with van der Waals surface area (Å²) in [6, 6.07) is 14.1. The highest BCUT2D eigenvalue weighted by Crippen LogP contribution is 2.34. The molecule has 3 aromatic rings. The number of nitrogens with zero attached hydrogens (tertiary/aromatic N) is 3. The molecule has 0 atom stereocenters. The van der Waals surface area contributed by atoms with Crippen molar-refractivity contribution >= 4 is 41.0 Å². The van der Waals surface area contributed by atoms with Crippen LogP contribution in [0, 0.1) is 5.92 Å². The molecule has 5 rings (SSSR count). The first-order valence-electron chi connectivity index (χ1n) is 10.8. The maximum absolute atomic E-state index is 12.8. The molecule has 1 fully saturated rings. The van der Waals surface area contributed by atoms with Gasteiger partial charge in [-0.1, -0.05) is 47.6 Å². The summed E-state index contributed by atoms with van der Waals surface area (Å²) >= 11 is 7.78. The average Bonchev–Trinajstić information content (AvgIpc) is 3.22. The van der Waals surface area contributed by atoms with E-state index >= 15 is 0 Å². The zero-order chi connectivity index (χ0) is 21.2. The number of amides is 1. The van der Waals surface area contributed by atoms with Crippen molar-refractivity contribution in [2.24, 2.45) is 5.92 Å². The van der Waals surface area contributed by atoms with E-state index in [1.54, 1.807) is 0 Å². The normalized spacial score (nSPS) is 17.0. The van der Waals surface area contributed by atoms with Crippen LogP contribution in [0.15, 0.2) is 58.6 Å². The molecule has 0 spiro atoms. The summed E-state index contributed by atoms with van der Waals surface area (Å²) in [6.07, 6.45) is 6.96. The fourth-order valence-corrected chi connectivity index (χ4v) is 5.55. The number of thioether (sulfide) groups is 1. The summed E-state index contributed by atoms with van der Waals surface area (Å²) in [5, 5.41) is 5.05. The van der Waals surface area contributed by atoms with E-state index < -0.39 is 0 Å².